The zero-order chi connectivity index (χ0) is 12.0. The van der Waals surface area contributed by atoms with Crippen molar-refractivity contribution in [3.8, 4) is 0 Å². The van der Waals surface area contributed by atoms with Gasteiger partial charge in [-0.05, 0) is 35.1 Å². The molecule has 0 saturated carbocycles. The molecule has 0 aliphatic heterocycles. The van der Waals surface area contributed by atoms with E-state index in [9.17, 15) is 9.70 Å². The van der Waals surface area contributed by atoms with E-state index in [1.807, 2.05) is 0 Å². The zero-order valence-corrected chi connectivity index (χ0v) is 8.96. The van der Waals surface area contributed by atoms with Gasteiger partial charge in [-0.25, -0.2) is 0 Å². The first-order valence-corrected chi connectivity index (χ1v) is 4.67. The van der Waals surface area contributed by atoms with Crippen LogP contribution in [0.25, 0.3) is 6.08 Å². The number of hydrogen-bond donors (Lipinski definition) is 0. The lowest BCUT2D eigenvalue weighted by molar-refractivity contribution is -0.105. The molecule has 1 rings (SSSR count). The van der Waals surface area contributed by atoms with Gasteiger partial charge in [-0.3, -0.25) is 4.79 Å². The lowest BCUT2D eigenvalue weighted by atomic mass is 10.1. The molecule has 0 aliphatic rings. The van der Waals surface area contributed by atoms with E-state index in [0.29, 0.717) is 11.4 Å². The summed E-state index contributed by atoms with van der Waals surface area (Å²) in [6, 6.07) is 6.70. The highest BCUT2D eigenvalue weighted by Gasteiger charge is 2.00. The van der Waals surface area contributed by atoms with E-state index in [0.717, 1.165) is 11.8 Å². The van der Waals surface area contributed by atoms with Gasteiger partial charge in [-0.1, -0.05) is 18.7 Å². The van der Waals surface area contributed by atoms with E-state index in [-0.39, 0.29) is 0 Å². The third-order valence-corrected chi connectivity index (χ3v) is 2.09. The number of allylic oxidation sites excluding steroid dienone is 1. The van der Waals surface area contributed by atoms with Crippen molar-refractivity contribution in [3.05, 3.63) is 53.2 Å². The molecule has 0 spiro atoms. The van der Waals surface area contributed by atoms with Crippen LogP contribution in [-0.2, 0) is 4.79 Å². The molecule has 4 heteroatoms. The maximum Gasteiger partial charge on any atom is 0.166 e. The van der Waals surface area contributed by atoms with E-state index < -0.39 is 0 Å². The Bertz CT molecular complexity index is 438. The Morgan fingerprint density at radius 1 is 1.50 bits per heavy atom. The molecule has 1 aromatic carbocycles. The Kier molecular flexibility index (Phi) is 4.15. The van der Waals surface area contributed by atoms with Crippen molar-refractivity contribution in [2.75, 3.05) is 7.05 Å². The van der Waals surface area contributed by atoms with E-state index in [4.69, 9.17) is 0 Å². The van der Waals surface area contributed by atoms with Gasteiger partial charge < -0.3 is 4.90 Å². The lowest BCUT2D eigenvalue weighted by Crippen LogP contribution is -2.10. The molecular formula is C12H12N2O2. The van der Waals surface area contributed by atoms with E-state index in [2.05, 4.69) is 11.8 Å². The topological polar surface area (TPSA) is 49.7 Å². The number of carbonyl (C=O) groups is 1. The van der Waals surface area contributed by atoms with Gasteiger partial charge in [-0.2, -0.15) is 0 Å². The fourth-order valence-electron chi connectivity index (χ4n) is 1.17. The number of carbonyl (C=O) groups excluding carboxylic acids is 1. The average Bonchev–Trinajstić information content (AvgIpc) is 2.35. The molecule has 0 heterocycles. The molecule has 0 fully saturated rings. The molecule has 0 saturated heterocycles. The first-order chi connectivity index (χ1) is 7.71. The second kappa shape index (κ2) is 5.60. The van der Waals surface area contributed by atoms with Crippen molar-refractivity contribution >= 4 is 18.0 Å². The van der Waals surface area contributed by atoms with Gasteiger partial charge in [0.1, 0.15) is 5.69 Å². The summed E-state index contributed by atoms with van der Waals surface area (Å²) in [4.78, 5) is 22.7. The predicted molar refractivity (Wildman–Crippen MR) is 63.9 cm³/mol. The van der Waals surface area contributed by atoms with Crippen molar-refractivity contribution in [1.82, 2.24) is 4.90 Å². The van der Waals surface area contributed by atoms with Crippen LogP contribution in [0.5, 0.6) is 0 Å². The molecular weight excluding hydrogens is 204 g/mol. The highest BCUT2D eigenvalue weighted by Crippen LogP contribution is 2.16. The van der Waals surface area contributed by atoms with Crippen LogP contribution in [-0.4, -0.2) is 18.2 Å². The molecule has 0 bridgehead atoms. The first kappa shape index (κ1) is 11.8. The maximum absolute atomic E-state index is 10.8. The van der Waals surface area contributed by atoms with Crippen LogP contribution in [0.2, 0.25) is 0 Å². The van der Waals surface area contributed by atoms with Gasteiger partial charge in [0.15, 0.2) is 6.29 Å². The molecule has 16 heavy (non-hydrogen) atoms. The summed E-state index contributed by atoms with van der Waals surface area (Å²) in [6.45, 7) is 3.56. The summed E-state index contributed by atoms with van der Waals surface area (Å²) in [5.41, 5.74) is 1.53. The predicted octanol–water partition coefficient (Wildman–Crippen LogP) is 2.70. The molecule has 82 valence electrons. The molecule has 0 N–H and O–H groups in total. The number of nitroso groups, excluding NO2 is 1. The fraction of sp³-hybridized carbons (Fsp3) is 0.0833. The van der Waals surface area contributed by atoms with Gasteiger partial charge in [0.2, 0.25) is 0 Å². The van der Waals surface area contributed by atoms with Gasteiger partial charge in [-0.15, -0.1) is 4.91 Å². The summed E-state index contributed by atoms with van der Waals surface area (Å²) in [6.07, 6.45) is 3.91. The Labute approximate surface area is 93.9 Å². The molecule has 0 aliphatic carbocycles. The molecule has 0 aromatic heterocycles. The Hall–Kier alpha value is -2.23. The molecule has 1 aromatic rings. The summed E-state index contributed by atoms with van der Waals surface area (Å²) in [5.74, 6) is 0. The number of hydrogen-bond acceptors (Lipinski definition) is 4. The van der Waals surface area contributed by atoms with Crippen LogP contribution in [0.15, 0.2) is 47.9 Å². The second-order valence-corrected chi connectivity index (χ2v) is 3.17. The minimum absolute atomic E-state index is 0.334. The van der Waals surface area contributed by atoms with Crippen molar-refractivity contribution in [3.63, 3.8) is 0 Å². The molecule has 0 radical (unpaired) electrons. The minimum atomic E-state index is 0.334. The zero-order valence-electron chi connectivity index (χ0n) is 8.96. The molecule has 0 unspecified atom stereocenters. The standard InChI is InChI=1S/C12H12N2O2/c1-3-14(2)12(9-15)8-10-5-4-6-11(7-10)13-16/h3-9H,1H2,2H3/b12-8-. The highest BCUT2D eigenvalue weighted by atomic mass is 16.3. The number of aldehydes is 1. The van der Waals surface area contributed by atoms with Gasteiger partial charge in [0, 0.05) is 7.05 Å². The number of benzene rings is 1. The van der Waals surface area contributed by atoms with Crippen LogP contribution in [0.3, 0.4) is 0 Å². The van der Waals surface area contributed by atoms with Crippen molar-refractivity contribution in [2.45, 2.75) is 0 Å². The smallest absolute Gasteiger partial charge is 0.166 e. The van der Waals surface area contributed by atoms with Gasteiger partial charge >= 0.3 is 0 Å². The summed E-state index contributed by atoms with van der Waals surface area (Å²) >= 11 is 0. The third-order valence-electron chi connectivity index (χ3n) is 2.09. The number of likely N-dealkylation sites (N-methyl/N-ethyl adjacent to an activating group) is 1. The third kappa shape index (κ3) is 2.88. The van der Waals surface area contributed by atoms with Crippen LogP contribution in [0.4, 0.5) is 5.69 Å². The second-order valence-electron chi connectivity index (χ2n) is 3.17. The largest absolute Gasteiger partial charge is 0.349 e. The Balaban J connectivity index is 3.07. The lowest BCUT2D eigenvalue weighted by Gasteiger charge is -2.12. The normalized spacial score (nSPS) is 10.7. The molecule has 4 nitrogen and oxygen atoms in total. The van der Waals surface area contributed by atoms with E-state index in [1.54, 1.807) is 42.3 Å². The quantitative estimate of drug-likeness (QED) is 0.432. The van der Waals surface area contributed by atoms with Crippen molar-refractivity contribution in [1.29, 1.82) is 0 Å². The van der Waals surface area contributed by atoms with Crippen LogP contribution < -0.4 is 0 Å². The SMILES string of the molecule is C=CN(C)/C(C=O)=C\c1cccc(N=O)c1. The number of rotatable bonds is 5. The summed E-state index contributed by atoms with van der Waals surface area (Å²) in [7, 11) is 1.72. The maximum atomic E-state index is 10.8. The van der Waals surface area contributed by atoms with E-state index >= 15 is 0 Å². The minimum Gasteiger partial charge on any atom is -0.349 e. The monoisotopic (exact) mass is 216 g/mol. The van der Waals surface area contributed by atoms with Crippen molar-refractivity contribution in [2.24, 2.45) is 5.18 Å². The first-order valence-electron chi connectivity index (χ1n) is 4.67. The molecule has 0 atom stereocenters. The number of nitrogens with zero attached hydrogens (tertiary/aromatic N) is 2. The summed E-state index contributed by atoms with van der Waals surface area (Å²) < 4.78 is 0. The van der Waals surface area contributed by atoms with Crippen molar-refractivity contribution < 1.29 is 4.79 Å². The average molecular weight is 216 g/mol. The highest BCUT2D eigenvalue weighted by molar-refractivity contribution is 5.81. The summed E-state index contributed by atoms with van der Waals surface area (Å²) in [5, 5.41) is 2.83. The van der Waals surface area contributed by atoms with Gasteiger partial charge in [0.25, 0.3) is 0 Å². The molecule has 0 amide bonds. The van der Waals surface area contributed by atoms with E-state index in [1.165, 1.54) is 6.20 Å². The van der Waals surface area contributed by atoms with Crippen LogP contribution in [0.1, 0.15) is 5.56 Å². The van der Waals surface area contributed by atoms with Crippen LogP contribution >= 0.6 is 0 Å². The van der Waals surface area contributed by atoms with Crippen LogP contribution in [0, 0.1) is 4.91 Å². The Morgan fingerprint density at radius 3 is 2.81 bits per heavy atom. The van der Waals surface area contributed by atoms with Gasteiger partial charge in [0.05, 0.1) is 5.70 Å². The fourth-order valence-corrected chi connectivity index (χ4v) is 1.17. The Morgan fingerprint density at radius 2 is 2.25 bits per heavy atom.